The monoisotopic (exact) mass is 274 g/mol. The van der Waals surface area contributed by atoms with Gasteiger partial charge in [-0.05, 0) is 34.3 Å². The Balaban J connectivity index is 2.80. The molecule has 1 aromatic rings. The Kier molecular flexibility index (Phi) is 3.53. The van der Waals surface area contributed by atoms with Crippen molar-refractivity contribution in [2.24, 2.45) is 5.41 Å². The van der Waals surface area contributed by atoms with Gasteiger partial charge in [0.2, 0.25) is 0 Å². The second-order valence-electron chi connectivity index (χ2n) is 4.68. The Morgan fingerprint density at radius 1 is 1.50 bits per heavy atom. The van der Waals surface area contributed by atoms with Gasteiger partial charge in [-0.15, -0.1) is 11.3 Å². The highest BCUT2D eigenvalue weighted by molar-refractivity contribution is 9.10. The maximum absolute atomic E-state index is 11.8. The molecule has 0 aliphatic carbocycles. The van der Waals surface area contributed by atoms with Gasteiger partial charge in [-0.1, -0.05) is 20.8 Å². The van der Waals surface area contributed by atoms with Crippen molar-refractivity contribution in [3.05, 3.63) is 20.3 Å². The summed E-state index contributed by atoms with van der Waals surface area (Å²) < 4.78 is 1.04. The zero-order valence-corrected chi connectivity index (χ0v) is 11.4. The van der Waals surface area contributed by atoms with Crippen LogP contribution >= 0.6 is 27.3 Å². The average Bonchev–Trinajstić information content (AvgIpc) is 2.28. The summed E-state index contributed by atoms with van der Waals surface area (Å²) in [5.41, 5.74) is 0.0709. The summed E-state index contributed by atoms with van der Waals surface area (Å²) in [5, 5.41) is 0. The smallest absolute Gasteiger partial charge is 0.173 e. The van der Waals surface area contributed by atoms with Gasteiger partial charge < -0.3 is 0 Å². The molecule has 1 aromatic heterocycles. The van der Waals surface area contributed by atoms with Gasteiger partial charge in [0.15, 0.2) is 5.78 Å². The van der Waals surface area contributed by atoms with E-state index in [0.29, 0.717) is 6.42 Å². The van der Waals surface area contributed by atoms with Crippen LogP contribution in [0.2, 0.25) is 0 Å². The van der Waals surface area contributed by atoms with Gasteiger partial charge >= 0.3 is 0 Å². The topological polar surface area (TPSA) is 17.1 Å². The molecule has 0 radical (unpaired) electrons. The van der Waals surface area contributed by atoms with E-state index in [4.69, 9.17) is 0 Å². The normalized spacial score (nSPS) is 11.8. The highest BCUT2D eigenvalue weighted by atomic mass is 79.9. The van der Waals surface area contributed by atoms with Crippen molar-refractivity contribution in [2.75, 3.05) is 0 Å². The molecule has 0 spiro atoms. The van der Waals surface area contributed by atoms with Crippen LogP contribution in [0.25, 0.3) is 0 Å². The quantitative estimate of drug-likeness (QED) is 0.729. The fourth-order valence-corrected chi connectivity index (χ4v) is 2.64. The molecule has 0 aromatic carbocycles. The van der Waals surface area contributed by atoms with Gasteiger partial charge in [0.1, 0.15) is 0 Å². The minimum absolute atomic E-state index is 0.0709. The molecule has 0 fully saturated rings. The molecule has 0 aliphatic rings. The molecule has 1 heterocycles. The predicted octanol–water partition coefficient (Wildman–Crippen LogP) is 4.44. The first-order chi connectivity index (χ1) is 6.29. The lowest BCUT2D eigenvalue weighted by atomic mass is 9.90. The maximum atomic E-state index is 11.8. The zero-order chi connectivity index (χ0) is 10.9. The maximum Gasteiger partial charge on any atom is 0.173 e. The molecule has 1 nitrogen and oxygen atoms in total. The average molecular weight is 275 g/mol. The van der Waals surface area contributed by atoms with Gasteiger partial charge in [0.05, 0.1) is 4.88 Å². The van der Waals surface area contributed by atoms with Gasteiger partial charge in [-0.25, -0.2) is 0 Å². The fraction of sp³-hybridized carbons (Fsp3) is 0.545. The number of rotatable bonds is 2. The van der Waals surface area contributed by atoms with E-state index in [-0.39, 0.29) is 11.2 Å². The van der Waals surface area contributed by atoms with Gasteiger partial charge in [0.25, 0.3) is 0 Å². The Labute approximate surface area is 97.7 Å². The number of aryl methyl sites for hydroxylation is 1. The molecular weight excluding hydrogens is 260 g/mol. The van der Waals surface area contributed by atoms with Crippen LogP contribution in [0.5, 0.6) is 0 Å². The second kappa shape index (κ2) is 4.15. The van der Waals surface area contributed by atoms with Crippen molar-refractivity contribution >= 4 is 33.0 Å². The van der Waals surface area contributed by atoms with Crippen LogP contribution in [0.15, 0.2) is 10.5 Å². The number of halogens is 1. The molecule has 0 aliphatic heterocycles. The molecule has 0 saturated carbocycles. The molecule has 3 heteroatoms. The number of Topliss-reactive ketones (excluding diaryl/α,β-unsaturated/α-hetero) is 1. The first-order valence-corrected chi connectivity index (χ1v) is 6.20. The summed E-state index contributed by atoms with van der Waals surface area (Å²) >= 11 is 4.99. The van der Waals surface area contributed by atoms with Crippen LogP contribution < -0.4 is 0 Å². The summed E-state index contributed by atoms with van der Waals surface area (Å²) in [4.78, 5) is 13.8. The standard InChI is InChI=1S/C11H15BrOS/c1-7-8(12)5-10(14-7)9(13)6-11(2,3)4/h5H,6H2,1-4H3. The fourth-order valence-electron chi connectivity index (χ4n) is 1.17. The first kappa shape index (κ1) is 11.9. The summed E-state index contributed by atoms with van der Waals surface area (Å²) in [5.74, 6) is 0.247. The summed E-state index contributed by atoms with van der Waals surface area (Å²) in [6, 6.07) is 1.92. The Morgan fingerprint density at radius 3 is 2.43 bits per heavy atom. The van der Waals surface area contributed by atoms with E-state index in [0.717, 1.165) is 9.35 Å². The third-order valence-electron chi connectivity index (χ3n) is 1.82. The van der Waals surface area contributed by atoms with Crippen molar-refractivity contribution in [2.45, 2.75) is 34.1 Å². The van der Waals surface area contributed by atoms with Crippen LogP contribution in [0.3, 0.4) is 0 Å². The minimum atomic E-state index is 0.0709. The molecule has 0 unspecified atom stereocenters. The van der Waals surface area contributed by atoms with E-state index < -0.39 is 0 Å². The second-order valence-corrected chi connectivity index (χ2v) is 6.79. The highest BCUT2D eigenvalue weighted by Gasteiger charge is 2.19. The van der Waals surface area contributed by atoms with E-state index in [9.17, 15) is 4.79 Å². The van der Waals surface area contributed by atoms with Crippen molar-refractivity contribution in [1.82, 2.24) is 0 Å². The molecule has 0 atom stereocenters. The lowest BCUT2D eigenvalue weighted by Crippen LogP contribution is -2.11. The number of ketones is 1. The third-order valence-corrected chi connectivity index (χ3v) is 4.00. The van der Waals surface area contributed by atoms with Crippen molar-refractivity contribution < 1.29 is 4.79 Å². The number of thiophene rings is 1. The number of carbonyl (C=O) groups excluding carboxylic acids is 1. The summed E-state index contributed by atoms with van der Waals surface area (Å²) in [6.45, 7) is 8.27. The van der Waals surface area contributed by atoms with Crippen LogP contribution in [0.1, 0.15) is 41.7 Å². The van der Waals surface area contributed by atoms with E-state index in [1.165, 1.54) is 4.88 Å². The molecule has 1 rings (SSSR count). The molecule has 0 saturated heterocycles. The van der Waals surface area contributed by atoms with Crippen molar-refractivity contribution in [3.63, 3.8) is 0 Å². The minimum Gasteiger partial charge on any atom is -0.293 e. The Bertz CT molecular complexity index is 327. The number of hydrogen-bond donors (Lipinski definition) is 0. The molecule has 14 heavy (non-hydrogen) atoms. The molecule has 0 amide bonds. The summed E-state index contributed by atoms with van der Waals surface area (Å²) in [7, 11) is 0. The lowest BCUT2D eigenvalue weighted by molar-refractivity contribution is 0.0944. The van der Waals surface area contributed by atoms with Crippen LogP contribution in [-0.4, -0.2) is 5.78 Å². The lowest BCUT2D eigenvalue weighted by Gasteiger charge is -2.15. The largest absolute Gasteiger partial charge is 0.293 e. The van der Waals surface area contributed by atoms with E-state index in [2.05, 4.69) is 36.7 Å². The Morgan fingerprint density at radius 2 is 2.07 bits per heavy atom. The SMILES string of the molecule is Cc1sc(C(=O)CC(C)(C)C)cc1Br. The zero-order valence-electron chi connectivity index (χ0n) is 8.98. The van der Waals surface area contributed by atoms with Gasteiger partial charge in [-0.3, -0.25) is 4.79 Å². The van der Waals surface area contributed by atoms with E-state index >= 15 is 0 Å². The van der Waals surface area contributed by atoms with Crippen LogP contribution in [0, 0.1) is 12.3 Å². The molecule has 0 N–H and O–H groups in total. The van der Waals surface area contributed by atoms with E-state index in [1.807, 2.05) is 13.0 Å². The number of hydrogen-bond acceptors (Lipinski definition) is 2. The van der Waals surface area contributed by atoms with Crippen molar-refractivity contribution in [3.8, 4) is 0 Å². The Hall–Kier alpha value is -0.150. The first-order valence-electron chi connectivity index (χ1n) is 4.59. The summed E-state index contributed by atoms with van der Waals surface area (Å²) in [6.07, 6.45) is 0.611. The molecular formula is C11H15BrOS. The number of carbonyl (C=O) groups is 1. The van der Waals surface area contributed by atoms with E-state index in [1.54, 1.807) is 11.3 Å². The predicted molar refractivity (Wildman–Crippen MR) is 65.2 cm³/mol. The highest BCUT2D eigenvalue weighted by Crippen LogP contribution is 2.29. The molecule has 78 valence electrons. The van der Waals surface area contributed by atoms with Crippen molar-refractivity contribution in [1.29, 1.82) is 0 Å². The van der Waals surface area contributed by atoms with Crippen LogP contribution in [0.4, 0.5) is 0 Å². The van der Waals surface area contributed by atoms with Gasteiger partial charge in [0, 0.05) is 15.8 Å². The third kappa shape index (κ3) is 3.21. The van der Waals surface area contributed by atoms with Crippen LogP contribution in [-0.2, 0) is 0 Å². The van der Waals surface area contributed by atoms with Gasteiger partial charge in [-0.2, -0.15) is 0 Å². The molecule has 0 bridgehead atoms.